The molecule has 0 amide bonds. The van der Waals surface area contributed by atoms with Crippen LogP contribution in [0.3, 0.4) is 0 Å². The van der Waals surface area contributed by atoms with Crippen LogP contribution in [0, 0.1) is 11.8 Å². The van der Waals surface area contributed by atoms with Crippen LogP contribution in [0.25, 0.3) is 0 Å². The summed E-state index contributed by atoms with van der Waals surface area (Å²) in [4.78, 5) is 0. The van der Waals surface area contributed by atoms with E-state index in [1.54, 1.807) is 0 Å². The molecule has 0 aromatic heterocycles. The van der Waals surface area contributed by atoms with Crippen molar-refractivity contribution in [2.24, 2.45) is 0 Å². The van der Waals surface area contributed by atoms with E-state index in [9.17, 15) is 0 Å². The topological polar surface area (TPSA) is 47.9 Å². The third-order valence-electron chi connectivity index (χ3n) is 2.36. The summed E-state index contributed by atoms with van der Waals surface area (Å²) in [5.74, 6) is 6.19. The molecule has 0 aliphatic heterocycles. The van der Waals surface area contributed by atoms with Gasteiger partial charge in [-0.25, -0.2) is 0 Å². The molecule has 1 rings (SSSR count). The van der Waals surface area contributed by atoms with E-state index in [1.165, 1.54) is 0 Å². The highest BCUT2D eigenvalue weighted by Gasteiger charge is 1.95. The molecule has 0 spiro atoms. The van der Waals surface area contributed by atoms with Gasteiger partial charge in [0.05, 0.1) is 19.8 Å². The molecule has 0 aliphatic rings. The first-order chi connectivity index (χ1) is 9.86. The summed E-state index contributed by atoms with van der Waals surface area (Å²) in [6, 6.07) is 7.45. The lowest BCUT2D eigenvalue weighted by Gasteiger charge is -2.07. The van der Waals surface area contributed by atoms with Crippen molar-refractivity contribution in [3.05, 3.63) is 29.8 Å². The highest BCUT2D eigenvalue weighted by Crippen LogP contribution is 2.12. The molecule has 110 valence electrons. The van der Waals surface area contributed by atoms with Crippen LogP contribution >= 0.6 is 0 Å². The van der Waals surface area contributed by atoms with Crippen molar-refractivity contribution in [2.75, 3.05) is 39.6 Å². The Morgan fingerprint density at radius 3 is 2.55 bits per heavy atom. The van der Waals surface area contributed by atoms with Crippen molar-refractivity contribution >= 4 is 0 Å². The zero-order chi connectivity index (χ0) is 14.5. The van der Waals surface area contributed by atoms with Crippen LogP contribution in [-0.2, 0) is 9.47 Å². The summed E-state index contributed by atoms with van der Waals surface area (Å²) < 4.78 is 16.2. The monoisotopic (exact) mass is 278 g/mol. The number of aliphatic hydroxyl groups is 1. The van der Waals surface area contributed by atoms with Crippen LogP contribution in [-0.4, -0.2) is 44.7 Å². The number of hydrogen-bond acceptors (Lipinski definition) is 4. The van der Waals surface area contributed by atoms with E-state index >= 15 is 0 Å². The first-order valence-corrected chi connectivity index (χ1v) is 6.85. The molecule has 0 fully saturated rings. The van der Waals surface area contributed by atoms with Gasteiger partial charge in [-0.2, -0.15) is 0 Å². The molecular weight excluding hydrogens is 256 g/mol. The Bertz CT molecular complexity index is 420. The highest BCUT2D eigenvalue weighted by molar-refractivity contribution is 5.39. The van der Waals surface area contributed by atoms with Crippen LogP contribution in [0.1, 0.15) is 18.9 Å². The third kappa shape index (κ3) is 7.80. The Balaban J connectivity index is 2.15. The minimum absolute atomic E-state index is 0.140. The predicted molar refractivity (Wildman–Crippen MR) is 77.8 cm³/mol. The first-order valence-electron chi connectivity index (χ1n) is 6.85. The number of benzene rings is 1. The molecule has 0 unspecified atom stereocenters. The molecule has 4 heteroatoms. The summed E-state index contributed by atoms with van der Waals surface area (Å²) >= 11 is 0. The van der Waals surface area contributed by atoms with Gasteiger partial charge in [0.25, 0.3) is 0 Å². The maximum Gasteiger partial charge on any atom is 0.120 e. The van der Waals surface area contributed by atoms with Gasteiger partial charge >= 0.3 is 0 Å². The van der Waals surface area contributed by atoms with Gasteiger partial charge < -0.3 is 19.3 Å². The van der Waals surface area contributed by atoms with Gasteiger partial charge in [-0.05, 0) is 24.6 Å². The lowest BCUT2D eigenvalue weighted by Crippen LogP contribution is -2.11. The predicted octanol–water partition coefficient (Wildman–Crippen LogP) is 1.85. The average Bonchev–Trinajstić information content (AvgIpc) is 2.48. The van der Waals surface area contributed by atoms with E-state index in [2.05, 4.69) is 18.8 Å². The normalized spacial score (nSPS) is 9.90. The van der Waals surface area contributed by atoms with E-state index in [-0.39, 0.29) is 6.61 Å². The molecule has 0 aliphatic carbocycles. The lowest BCUT2D eigenvalue weighted by molar-refractivity contribution is 0.0366. The zero-order valence-electron chi connectivity index (χ0n) is 11.9. The molecule has 0 bridgehead atoms. The summed E-state index contributed by atoms with van der Waals surface area (Å²) in [6.07, 6.45) is 1.03. The summed E-state index contributed by atoms with van der Waals surface area (Å²) in [5.41, 5.74) is 0.824. The van der Waals surface area contributed by atoms with Gasteiger partial charge in [0.15, 0.2) is 0 Å². The second kappa shape index (κ2) is 11.3. The van der Waals surface area contributed by atoms with Gasteiger partial charge in [0.1, 0.15) is 19.0 Å². The van der Waals surface area contributed by atoms with Crippen LogP contribution in [0.4, 0.5) is 0 Å². The molecule has 0 saturated heterocycles. The molecule has 1 N–H and O–H groups in total. The molecule has 1 aromatic rings. The Morgan fingerprint density at radius 2 is 1.80 bits per heavy atom. The van der Waals surface area contributed by atoms with E-state index in [1.807, 2.05) is 24.3 Å². The molecule has 0 atom stereocenters. The molecular formula is C16H22O4. The zero-order valence-corrected chi connectivity index (χ0v) is 11.9. The quantitative estimate of drug-likeness (QED) is 0.553. The van der Waals surface area contributed by atoms with Crippen LogP contribution < -0.4 is 4.74 Å². The molecule has 4 nitrogen and oxygen atoms in total. The van der Waals surface area contributed by atoms with Crippen LogP contribution in [0.2, 0.25) is 0 Å². The first kappa shape index (κ1) is 16.5. The van der Waals surface area contributed by atoms with Gasteiger partial charge in [0, 0.05) is 12.2 Å². The fourth-order valence-electron chi connectivity index (χ4n) is 1.49. The van der Waals surface area contributed by atoms with Gasteiger partial charge in [-0.1, -0.05) is 24.8 Å². The van der Waals surface area contributed by atoms with Crippen molar-refractivity contribution < 1.29 is 19.3 Å². The van der Waals surface area contributed by atoms with Crippen LogP contribution in [0.5, 0.6) is 5.75 Å². The number of rotatable bonds is 9. The Morgan fingerprint density at radius 1 is 1.05 bits per heavy atom. The smallest absolute Gasteiger partial charge is 0.120 e. The van der Waals surface area contributed by atoms with E-state index in [0.717, 1.165) is 24.3 Å². The Labute approximate surface area is 120 Å². The second-order valence-corrected chi connectivity index (χ2v) is 4.06. The van der Waals surface area contributed by atoms with Crippen molar-refractivity contribution in [2.45, 2.75) is 13.3 Å². The fraction of sp³-hybridized carbons (Fsp3) is 0.500. The van der Waals surface area contributed by atoms with E-state index < -0.39 is 0 Å². The highest BCUT2D eigenvalue weighted by atomic mass is 16.5. The minimum atomic E-state index is -0.140. The third-order valence-corrected chi connectivity index (χ3v) is 2.36. The van der Waals surface area contributed by atoms with Gasteiger partial charge in [-0.15, -0.1) is 0 Å². The molecule has 1 aromatic carbocycles. The fourth-order valence-corrected chi connectivity index (χ4v) is 1.49. The Hall–Kier alpha value is -1.54. The van der Waals surface area contributed by atoms with Gasteiger partial charge in [-0.3, -0.25) is 0 Å². The number of hydrogen-bond donors (Lipinski definition) is 1. The van der Waals surface area contributed by atoms with Crippen molar-refractivity contribution in [3.8, 4) is 17.6 Å². The van der Waals surface area contributed by atoms with Gasteiger partial charge in [0.2, 0.25) is 0 Å². The lowest BCUT2D eigenvalue weighted by atomic mass is 10.2. The Kier molecular flexibility index (Phi) is 9.33. The maximum absolute atomic E-state index is 8.64. The maximum atomic E-state index is 8.64. The minimum Gasteiger partial charge on any atom is -0.491 e. The number of aliphatic hydroxyl groups excluding tert-OH is 1. The van der Waals surface area contributed by atoms with Crippen LogP contribution in [0.15, 0.2) is 24.3 Å². The number of ether oxygens (including phenoxy) is 3. The SMILES string of the molecule is CCCOCCOCCOc1cccc(C#CCO)c1. The van der Waals surface area contributed by atoms with E-state index in [4.69, 9.17) is 19.3 Å². The van der Waals surface area contributed by atoms with Crippen molar-refractivity contribution in [1.82, 2.24) is 0 Å². The summed E-state index contributed by atoms with van der Waals surface area (Å²) in [7, 11) is 0. The van der Waals surface area contributed by atoms with E-state index in [0.29, 0.717) is 26.4 Å². The summed E-state index contributed by atoms with van der Waals surface area (Å²) in [5, 5.41) is 8.64. The average molecular weight is 278 g/mol. The molecule has 20 heavy (non-hydrogen) atoms. The standard InChI is InChI=1S/C16H22O4/c1-2-9-18-10-11-19-12-13-20-16-7-3-5-15(14-16)6-4-8-17/h3,5,7,14,17H,2,8-13H2,1H3. The summed E-state index contributed by atoms with van der Waals surface area (Å²) in [6.45, 7) is 4.95. The van der Waals surface area contributed by atoms with Crippen molar-refractivity contribution in [3.63, 3.8) is 0 Å². The molecule has 0 saturated carbocycles. The molecule has 0 radical (unpaired) electrons. The van der Waals surface area contributed by atoms with Crippen molar-refractivity contribution in [1.29, 1.82) is 0 Å². The second-order valence-electron chi connectivity index (χ2n) is 4.06. The largest absolute Gasteiger partial charge is 0.491 e. The molecule has 0 heterocycles.